The van der Waals surface area contributed by atoms with Gasteiger partial charge in [0.2, 0.25) is 0 Å². The molecule has 7 nitrogen and oxygen atoms in total. The molecule has 31 heavy (non-hydrogen) atoms. The van der Waals surface area contributed by atoms with E-state index < -0.39 is 14.2 Å². The zero-order chi connectivity index (χ0) is 22.9. The van der Waals surface area contributed by atoms with Gasteiger partial charge in [0.25, 0.3) is 0 Å². The van der Waals surface area contributed by atoms with Gasteiger partial charge in [-0.15, -0.1) is 0 Å². The van der Waals surface area contributed by atoms with Crippen molar-refractivity contribution < 1.29 is 14.3 Å². The largest absolute Gasteiger partial charge is 0.465 e. The minimum Gasteiger partial charge on any atom is -0.465 e. The lowest BCUT2D eigenvalue weighted by Gasteiger charge is -2.21. The summed E-state index contributed by atoms with van der Waals surface area (Å²) >= 11 is 0. The van der Waals surface area contributed by atoms with Crippen molar-refractivity contribution in [3.8, 4) is 6.07 Å². The number of furan rings is 1. The molecule has 0 atom stereocenters. The molecular weight excluding hydrogens is 408 g/mol. The second-order valence-electron chi connectivity index (χ2n) is 9.52. The topological polar surface area (TPSA) is 95.3 Å². The first-order chi connectivity index (χ1) is 14.5. The number of hydrogen-bond donors (Lipinski definition) is 1. The molecule has 1 amide bonds. The molecule has 2 heterocycles. The maximum absolute atomic E-state index is 11.9. The van der Waals surface area contributed by atoms with Crippen molar-refractivity contribution in [2.24, 2.45) is 0 Å². The Balaban J connectivity index is 1.96. The SMILES string of the molecule is Cc1cc(N(CC[Si](C)(C)C)C(=O)O)nn1Cc1cc(C#N)cc2cc(C(C)C)oc12. The molecule has 0 spiro atoms. The molecule has 164 valence electrons. The van der Waals surface area contributed by atoms with Crippen LogP contribution in [0.2, 0.25) is 25.7 Å². The number of aryl methyl sites for hydroxylation is 1. The van der Waals surface area contributed by atoms with Gasteiger partial charge in [-0.1, -0.05) is 33.5 Å². The fraction of sp³-hybridized carbons (Fsp3) is 0.435. The second-order valence-corrected chi connectivity index (χ2v) is 15.1. The van der Waals surface area contributed by atoms with E-state index in [9.17, 15) is 15.2 Å². The van der Waals surface area contributed by atoms with Crippen LogP contribution >= 0.6 is 0 Å². The summed E-state index contributed by atoms with van der Waals surface area (Å²) in [5, 5.41) is 24.6. The summed E-state index contributed by atoms with van der Waals surface area (Å²) in [6, 6.07) is 10.5. The highest BCUT2D eigenvalue weighted by atomic mass is 28.3. The molecule has 0 bridgehead atoms. The number of hydrogen-bond acceptors (Lipinski definition) is 4. The molecule has 0 saturated heterocycles. The van der Waals surface area contributed by atoms with Gasteiger partial charge < -0.3 is 9.52 Å². The Morgan fingerprint density at radius 2 is 2.00 bits per heavy atom. The van der Waals surface area contributed by atoms with Crippen LogP contribution in [0, 0.1) is 18.3 Å². The van der Waals surface area contributed by atoms with Crippen molar-refractivity contribution in [2.75, 3.05) is 11.4 Å². The van der Waals surface area contributed by atoms with Crippen molar-refractivity contribution in [3.05, 3.63) is 46.8 Å². The number of carbonyl (C=O) groups is 1. The Morgan fingerprint density at radius 1 is 1.29 bits per heavy atom. The molecule has 0 radical (unpaired) electrons. The zero-order valence-electron chi connectivity index (χ0n) is 19.1. The van der Waals surface area contributed by atoms with Crippen molar-refractivity contribution >= 4 is 31.0 Å². The maximum atomic E-state index is 11.9. The summed E-state index contributed by atoms with van der Waals surface area (Å²) in [7, 11) is -1.40. The van der Waals surface area contributed by atoms with E-state index in [1.165, 1.54) is 4.90 Å². The van der Waals surface area contributed by atoms with E-state index in [2.05, 4.69) is 44.7 Å². The summed E-state index contributed by atoms with van der Waals surface area (Å²) in [5.74, 6) is 1.53. The molecule has 0 aliphatic rings. The number of carboxylic acid groups (broad SMARTS) is 1. The third-order valence-electron chi connectivity index (χ3n) is 5.29. The van der Waals surface area contributed by atoms with Gasteiger partial charge >= 0.3 is 6.09 Å². The Labute approximate surface area is 183 Å². The minimum absolute atomic E-state index is 0.235. The molecule has 3 aromatic rings. The summed E-state index contributed by atoms with van der Waals surface area (Å²) in [6.45, 7) is 13.5. The number of aromatic nitrogens is 2. The van der Waals surface area contributed by atoms with Crippen LogP contribution < -0.4 is 4.90 Å². The van der Waals surface area contributed by atoms with Crippen LogP contribution in [0.25, 0.3) is 11.0 Å². The monoisotopic (exact) mass is 438 g/mol. The Hall–Kier alpha value is -3.05. The predicted molar refractivity (Wildman–Crippen MR) is 125 cm³/mol. The Bertz CT molecular complexity index is 1150. The van der Waals surface area contributed by atoms with Crippen LogP contribution in [0.3, 0.4) is 0 Å². The molecule has 1 N–H and O–H groups in total. The van der Waals surface area contributed by atoms with Gasteiger partial charge in [-0.2, -0.15) is 10.4 Å². The van der Waals surface area contributed by atoms with Gasteiger partial charge in [0.05, 0.1) is 18.2 Å². The van der Waals surface area contributed by atoms with Crippen LogP contribution in [0.5, 0.6) is 0 Å². The summed E-state index contributed by atoms with van der Waals surface area (Å²) in [6.07, 6.45) is -0.996. The van der Waals surface area contributed by atoms with Gasteiger partial charge in [-0.05, 0) is 31.2 Å². The molecule has 8 heteroatoms. The van der Waals surface area contributed by atoms with Crippen molar-refractivity contribution in [2.45, 2.75) is 58.9 Å². The van der Waals surface area contributed by atoms with Gasteiger partial charge in [0.1, 0.15) is 11.3 Å². The summed E-state index contributed by atoms with van der Waals surface area (Å²) in [4.78, 5) is 13.2. The lowest BCUT2D eigenvalue weighted by atomic mass is 10.1. The van der Waals surface area contributed by atoms with Crippen LogP contribution in [-0.2, 0) is 6.54 Å². The van der Waals surface area contributed by atoms with Crippen molar-refractivity contribution in [3.63, 3.8) is 0 Å². The number of anilines is 1. The lowest BCUT2D eigenvalue weighted by Crippen LogP contribution is -2.35. The van der Waals surface area contributed by atoms with Crippen LogP contribution in [0.15, 0.2) is 28.7 Å². The smallest absolute Gasteiger partial charge is 0.413 e. The number of nitriles is 1. The third-order valence-corrected chi connectivity index (χ3v) is 7.02. The van der Waals surface area contributed by atoms with Crippen molar-refractivity contribution in [1.82, 2.24) is 9.78 Å². The van der Waals surface area contributed by atoms with Crippen molar-refractivity contribution in [1.29, 1.82) is 5.26 Å². The first-order valence-corrected chi connectivity index (χ1v) is 14.2. The summed E-state index contributed by atoms with van der Waals surface area (Å²) < 4.78 is 7.86. The highest BCUT2D eigenvalue weighted by molar-refractivity contribution is 6.76. The number of benzene rings is 1. The zero-order valence-corrected chi connectivity index (χ0v) is 20.1. The Morgan fingerprint density at radius 3 is 2.58 bits per heavy atom. The highest BCUT2D eigenvalue weighted by Gasteiger charge is 2.23. The fourth-order valence-electron chi connectivity index (χ4n) is 3.41. The van der Waals surface area contributed by atoms with Gasteiger partial charge in [-0.25, -0.2) is 4.79 Å². The minimum atomic E-state index is -1.40. The molecule has 0 aliphatic heterocycles. The van der Waals surface area contributed by atoms with Gasteiger partial charge in [0.15, 0.2) is 5.82 Å². The molecular formula is C23H30N4O3Si. The fourth-order valence-corrected chi connectivity index (χ4v) is 4.31. The maximum Gasteiger partial charge on any atom is 0.413 e. The quantitative estimate of drug-likeness (QED) is 0.470. The van der Waals surface area contributed by atoms with Gasteiger partial charge in [0, 0.05) is 43.2 Å². The predicted octanol–water partition coefficient (Wildman–Crippen LogP) is 5.80. The molecule has 0 fully saturated rings. The summed E-state index contributed by atoms with van der Waals surface area (Å²) in [5.41, 5.74) is 3.00. The third kappa shape index (κ3) is 5.17. The average Bonchev–Trinajstić information content (AvgIpc) is 3.24. The average molecular weight is 439 g/mol. The molecule has 3 rings (SSSR count). The van der Waals surface area contributed by atoms with Crippen LogP contribution in [0.1, 0.15) is 42.3 Å². The number of nitrogens with zero attached hydrogens (tertiary/aromatic N) is 4. The normalized spacial score (nSPS) is 11.8. The van der Waals surface area contributed by atoms with Crippen LogP contribution in [0.4, 0.5) is 10.6 Å². The first-order valence-electron chi connectivity index (χ1n) is 10.5. The molecule has 2 aromatic heterocycles. The van der Waals surface area contributed by atoms with E-state index >= 15 is 0 Å². The number of amides is 1. The van der Waals surface area contributed by atoms with E-state index in [0.29, 0.717) is 24.5 Å². The number of fused-ring (bicyclic) bond motifs is 1. The molecule has 0 saturated carbocycles. The standard InChI is InChI=1S/C23H30N4O3Si/c1-15(2)20-12-18-10-17(13-24)11-19(22(18)30-20)14-27-16(3)9-21(25-27)26(23(28)29)7-8-31(4,5)6/h9-12,15H,7-8,14H2,1-6H3,(H,28,29). The van der Waals surface area contributed by atoms with E-state index in [0.717, 1.165) is 34.0 Å². The highest BCUT2D eigenvalue weighted by Crippen LogP contribution is 2.30. The molecule has 0 aliphatic carbocycles. The second kappa shape index (κ2) is 8.59. The molecule has 0 unspecified atom stereocenters. The lowest BCUT2D eigenvalue weighted by molar-refractivity contribution is 0.202. The van der Waals surface area contributed by atoms with E-state index in [4.69, 9.17) is 4.42 Å². The van der Waals surface area contributed by atoms with E-state index in [1.54, 1.807) is 10.7 Å². The first kappa shape index (κ1) is 22.6. The Kier molecular flexibility index (Phi) is 6.27. The van der Waals surface area contributed by atoms with Gasteiger partial charge in [-0.3, -0.25) is 9.58 Å². The van der Waals surface area contributed by atoms with E-state index in [-0.39, 0.29) is 5.92 Å². The number of rotatable bonds is 7. The van der Waals surface area contributed by atoms with Crippen LogP contribution in [-0.4, -0.2) is 35.6 Å². The molecule has 1 aromatic carbocycles. The van der Waals surface area contributed by atoms with E-state index in [1.807, 2.05) is 25.1 Å².